The molecule has 0 aromatic heterocycles. The minimum Gasteiger partial charge on any atom is -0.370 e. The molecule has 0 aliphatic heterocycles. The molecule has 2 amide bonds. The van der Waals surface area contributed by atoms with E-state index >= 15 is 0 Å². The van der Waals surface area contributed by atoms with E-state index in [1.165, 1.54) is 12.1 Å². The van der Waals surface area contributed by atoms with Gasteiger partial charge in [0.2, 0.25) is 0 Å². The predicted octanol–water partition coefficient (Wildman–Crippen LogP) is 3.07. The van der Waals surface area contributed by atoms with Crippen LogP contribution >= 0.6 is 0 Å². The second kappa shape index (κ2) is 9.92. The first kappa shape index (κ1) is 22.2. The Morgan fingerprint density at radius 2 is 1.62 bits per heavy atom. The fourth-order valence-electron chi connectivity index (χ4n) is 2.83. The second-order valence-electron chi connectivity index (χ2n) is 6.23. The molecule has 0 unspecified atom stereocenters. The van der Waals surface area contributed by atoms with Crippen molar-refractivity contribution in [3.8, 4) is 0 Å². The lowest BCUT2D eigenvalue weighted by Crippen LogP contribution is -2.40. The number of aryl methyl sites for hydroxylation is 2. The van der Waals surface area contributed by atoms with Crippen LogP contribution in [0.2, 0.25) is 0 Å². The van der Waals surface area contributed by atoms with E-state index in [1.54, 1.807) is 30.3 Å². The number of urea groups is 1. The van der Waals surface area contributed by atoms with Crippen LogP contribution in [-0.4, -0.2) is 27.0 Å². The predicted molar refractivity (Wildman–Crippen MR) is 117 cm³/mol. The van der Waals surface area contributed by atoms with Crippen LogP contribution in [0.3, 0.4) is 0 Å². The largest absolute Gasteiger partial charge is 0.370 e. The van der Waals surface area contributed by atoms with Gasteiger partial charge < -0.3 is 11.1 Å². The summed E-state index contributed by atoms with van der Waals surface area (Å²) in [7, 11) is -3.70. The molecule has 0 atom stereocenters. The molecule has 8 nitrogen and oxygen atoms in total. The van der Waals surface area contributed by atoms with E-state index in [1.807, 2.05) is 20.8 Å². The quantitative estimate of drug-likeness (QED) is 0.408. The number of nitrogens with one attached hydrogen (secondary N) is 3. The van der Waals surface area contributed by atoms with Gasteiger partial charge >= 0.3 is 6.03 Å². The van der Waals surface area contributed by atoms with Crippen LogP contribution < -0.4 is 21.1 Å². The van der Waals surface area contributed by atoms with Gasteiger partial charge in [0.25, 0.3) is 10.0 Å². The van der Waals surface area contributed by atoms with Gasteiger partial charge in [-0.3, -0.25) is 15.0 Å². The van der Waals surface area contributed by atoms with Crippen molar-refractivity contribution in [3.63, 3.8) is 0 Å². The van der Waals surface area contributed by atoms with Crippen LogP contribution in [-0.2, 0) is 22.9 Å². The lowest BCUT2D eigenvalue weighted by atomic mass is 10.0. The van der Waals surface area contributed by atoms with Crippen molar-refractivity contribution in [1.29, 1.82) is 0 Å². The number of nitrogens with zero attached hydrogens (tertiary/aromatic N) is 1. The number of rotatable bonds is 7. The van der Waals surface area contributed by atoms with E-state index in [4.69, 9.17) is 5.73 Å². The summed E-state index contributed by atoms with van der Waals surface area (Å²) in [6.45, 7) is 6.13. The van der Waals surface area contributed by atoms with Gasteiger partial charge in [0, 0.05) is 17.9 Å². The van der Waals surface area contributed by atoms with Crippen LogP contribution in [0.5, 0.6) is 0 Å². The van der Waals surface area contributed by atoms with Crippen LogP contribution in [0.15, 0.2) is 52.4 Å². The van der Waals surface area contributed by atoms with E-state index in [0.29, 0.717) is 30.8 Å². The summed E-state index contributed by atoms with van der Waals surface area (Å²) >= 11 is 0. The van der Waals surface area contributed by atoms with Crippen molar-refractivity contribution < 1.29 is 13.2 Å². The highest BCUT2D eigenvalue weighted by molar-refractivity contribution is 7.92. The number of amides is 2. The van der Waals surface area contributed by atoms with Crippen LogP contribution in [0, 0.1) is 0 Å². The molecule has 0 fully saturated rings. The second-order valence-corrected chi connectivity index (χ2v) is 7.92. The molecule has 2 aromatic rings. The molecular formula is C20H27N5O3S. The number of carbonyl (C=O) groups is 1. The number of hydrogen-bond donors (Lipinski definition) is 4. The molecule has 0 heterocycles. The van der Waals surface area contributed by atoms with E-state index in [9.17, 15) is 13.2 Å². The van der Waals surface area contributed by atoms with Gasteiger partial charge in [-0.1, -0.05) is 32.0 Å². The summed E-state index contributed by atoms with van der Waals surface area (Å²) in [5.74, 6) is 0.0355. The van der Waals surface area contributed by atoms with E-state index in [2.05, 4.69) is 20.3 Å². The molecule has 2 rings (SSSR count). The molecule has 2 aromatic carbocycles. The number of aliphatic imine (C=N–C) groups is 1. The topological polar surface area (TPSA) is 126 Å². The standard InChI is InChI=1S/C20H27N5O3S/c1-4-14-12-16(25-29(27,28)17-10-8-7-9-11-17)13-15(5-2)18(14)23-20(26)24-19(21)22-6-3/h7-13,25H,4-6H2,1-3H3,(H4,21,22,23,24,26). The highest BCUT2D eigenvalue weighted by Gasteiger charge is 2.17. The van der Waals surface area contributed by atoms with Crippen molar-refractivity contribution in [2.75, 3.05) is 16.6 Å². The number of carbonyl (C=O) groups excluding carboxylic acids is 1. The number of guanidine groups is 1. The van der Waals surface area contributed by atoms with Crippen molar-refractivity contribution >= 4 is 33.4 Å². The Balaban J connectivity index is 2.32. The molecule has 0 bridgehead atoms. The third kappa shape index (κ3) is 5.95. The highest BCUT2D eigenvalue weighted by atomic mass is 32.2. The molecule has 29 heavy (non-hydrogen) atoms. The minimum absolute atomic E-state index is 0.0355. The Labute approximate surface area is 171 Å². The lowest BCUT2D eigenvalue weighted by molar-refractivity contribution is 0.256. The smallest absolute Gasteiger partial charge is 0.326 e. The molecule has 0 saturated heterocycles. The van der Waals surface area contributed by atoms with Gasteiger partial charge in [-0.15, -0.1) is 0 Å². The van der Waals surface area contributed by atoms with Crippen LogP contribution in [0.4, 0.5) is 16.2 Å². The fourth-order valence-corrected chi connectivity index (χ4v) is 3.89. The third-order valence-electron chi connectivity index (χ3n) is 4.18. The van der Waals surface area contributed by atoms with Crippen molar-refractivity contribution in [1.82, 2.24) is 5.32 Å². The van der Waals surface area contributed by atoms with Gasteiger partial charge in [-0.25, -0.2) is 13.2 Å². The maximum absolute atomic E-state index is 12.6. The molecule has 0 spiro atoms. The molecular weight excluding hydrogens is 390 g/mol. The number of sulfonamides is 1. The minimum atomic E-state index is -3.70. The highest BCUT2D eigenvalue weighted by Crippen LogP contribution is 2.28. The number of hydrogen-bond acceptors (Lipinski definition) is 4. The summed E-state index contributed by atoms with van der Waals surface area (Å²) in [5, 5.41) is 5.28. The SMILES string of the molecule is CCN=C(N)NC(=O)Nc1c(CC)cc(NS(=O)(=O)c2ccccc2)cc1CC. The number of anilines is 2. The zero-order valence-electron chi connectivity index (χ0n) is 16.8. The number of nitrogens with two attached hydrogens (primary N) is 1. The maximum atomic E-state index is 12.6. The first-order valence-electron chi connectivity index (χ1n) is 9.42. The van der Waals surface area contributed by atoms with Crippen LogP contribution in [0.25, 0.3) is 0 Å². The Bertz CT molecular complexity index is 963. The monoisotopic (exact) mass is 417 g/mol. The first-order valence-corrected chi connectivity index (χ1v) is 10.9. The van der Waals surface area contributed by atoms with Crippen molar-refractivity contribution in [3.05, 3.63) is 53.6 Å². The molecule has 5 N–H and O–H groups in total. The zero-order chi connectivity index (χ0) is 21.4. The normalized spacial score (nSPS) is 11.8. The Morgan fingerprint density at radius 3 is 2.14 bits per heavy atom. The van der Waals surface area contributed by atoms with E-state index in [0.717, 1.165) is 11.1 Å². The molecule has 9 heteroatoms. The maximum Gasteiger partial charge on any atom is 0.326 e. The average molecular weight is 418 g/mol. The lowest BCUT2D eigenvalue weighted by Gasteiger charge is -2.18. The van der Waals surface area contributed by atoms with E-state index in [-0.39, 0.29) is 10.9 Å². The third-order valence-corrected chi connectivity index (χ3v) is 5.58. The Morgan fingerprint density at radius 1 is 1.03 bits per heavy atom. The summed E-state index contributed by atoms with van der Waals surface area (Å²) < 4.78 is 27.9. The van der Waals surface area contributed by atoms with E-state index < -0.39 is 16.1 Å². The van der Waals surface area contributed by atoms with Gasteiger partial charge in [0.15, 0.2) is 5.96 Å². The number of benzene rings is 2. The zero-order valence-corrected chi connectivity index (χ0v) is 17.6. The van der Waals surface area contributed by atoms with Crippen LogP contribution in [0.1, 0.15) is 31.9 Å². The van der Waals surface area contributed by atoms with Crippen molar-refractivity contribution in [2.45, 2.75) is 38.5 Å². The molecule has 156 valence electrons. The van der Waals surface area contributed by atoms with Gasteiger partial charge in [-0.2, -0.15) is 0 Å². The summed E-state index contributed by atoms with van der Waals surface area (Å²) in [4.78, 5) is 16.3. The fraction of sp³-hybridized carbons (Fsp3) is 0.300. The Hall–Kier alpha value is -3.07. The molecule has 0 aliphatic carbocycles. The van der Waals surface area contributed by atoms with Crippen molar-refractivity contribution in [2.24, 2.45) is 10.7 Å². The Kier molecular flexibility index (Phi) is 7.60. The van der Waals surface area contributed by atoms with Gasteiger partial charge in [0.05, 0.1) is 4.90 Å². The first-order chi connectivity index (χ1) is 13.8. The molecule has 0 aliphatic rings. The summed E-state index contributed by atoms with van der Waals surface area (Å²) in [6.07, 6.45) is 1.20. The van der Waals surface area contributed by atoms with Gasteiger partial charge in [-0.05, 0) is 55.2 Å². The summed E-state index contributed by atoms with van der Waals surface area (Å²) in [5.41, 5.74) is 8.32. The molecule has 0 radical (unpaired) electrons. The molecule has 0 saturated carbocycles. The summed E-state index contributed by atoms with van der Waals surface area (Å²) in [6, 6.07) is 11.1. The van der Waals surface area contributed by atoms with Gasteiger partial charge in [0.1, 0.15) is 0 Å². The average Bonchev–Trinajstić information content (AvgIpc) is 2.69.